The molecule has 1 amide bonds. The number of nitro groups is 1. The van der Waals surface area contributed by atoms with E-state index in [4.69, 9.17) is 9.47 Å². The number of rotatable bonds is 4. The zero-order valence-electron chi connectivity index (χ0n) is 12.0. The zero-order valence-corrected chi connectivity index (χ0v) is 12.0. The minimum atomic E-state index is -0.943. The van der Waals surface area contributed by atoms with Crippen LogP contribution < -0.4 is 9.47 Å². The van der Waals surface area contributed by atoms with Gasteiger partial charge in [-0.2, -0.15) is 0 Å². The molecular weight excluding hydrogens is 280 g/mol. The van der Waals surface area contributed by atoms with Crippen LogP contribution >= 0.6 is 0 Å². The molecule has 1 fully saturated rings. The van der Waals surface area contributed by atoms with Gasteiger partial charge in [-0.15, -0.1) is 0 Å². The fraction of sp³-hybridized carbons (Fsp3) is 0.462. The average molecular weight is 296 g/mol. The van der Waals surface area contributed by atoms with E-state index in [1.54, 1.807) is 6.92 Å². The second-order valence-corrected chi connectivity index (χ2v) is 5.14. The van der Waals surface area contributed by atoms with Crippen LogP contribution in [0.5, 0.6) is 11.5 Å². The summed E-state index contributed by atoms with van der Waals surface area (Å²) in [6.07, 6.45) is 0. The van der Waals surface area contributed by atoms with Crippen molar-refractivity contribution in [1.82, 2.24) is 4.90 Å². The van der Waals surface area contributed by atoms with Gasteiger partial charge in [0, 0.05) is 6.07 Å². The molecular formula is C13H16N2O6. The number of carbonyl (C=O) groups excluding carboxylic acids is 1. The third-order valence-electron chi connectivity index (χ3n) is 3.28. The fourth-order valence-electron chi connectivity index (χ4n) is 2.28. The number of carbonyl (C=O) groups is 1. The first kappa shape index (κ1) is 15.0. The summed E-state index contributed by atoms with van der Waals surface area (Å²) in [6.45, 7) is 1.87. The quantitative estimate of drug-likeness (QED) is 0.652. The number of benzene rings is 1. The van der Waals surface area contributed by atoms with E-state index in [0.717, 1.165) is 6.07 Å². The Balaban J connectivity index is 2.42. The first-order chi connectivity index (χ1) is 9.79. The predicted molar refractivity (Wildman–Crippen MR) is 72.7 cm³/mol. The zero-order chi connectivity index (χ0) is 15.8. The largest absolute Gasteiger partial charge is 0.493 e. The van der Waals surface area contributed by atoms with E-state index >= 15 is 0 Å². The third-order valence-corrected chi connectivity index (χ3v) is 3.28. The van der Waals surface area contributed by atoms with Crippen LogP contribution in [0.4, 0.5) is 5.69 Å². The van der Waals surface area contributed by atoms with Crippen LogP contribution in [0.2, 0.25) is 0 Å². The average Bonchev–Trinajstić information content (AvgIpc) is 2.42. The lowest BCUT2D eigenvalue weighted by molar-refractivity contribution is -0.385. The van der Waals surface area contributed by atoms with Crippen LogP contribution in [0.15, 0.2) is 12.1 Å². The Hall–Kier alpha value is -2.35. The molecule has 0 aliphatic carbocycles. The number of β-amino-alcohol motifs (C(OH)–C–C–N with tert-alkyl or cyclic N) is 1. The molecule has 0 saturated carbocycles. The maximum absolute atomic E-state index is 12.3. The normalized spacial score (nSPS) is 16.1. The molecule has 1 saturated heterocycles. The highest BCUT2D eigenvalue weighted by molar-refractivity contribution is 5.99. The Morgan fingerprint density at radius 1 is 1.33 bits per heavy atom. The van der Waals surface area contributed by atoms with Crippen molar-refractivity contribution in [2.75, 3.05) is 27.3 Å². The molecule has 1 aliphatic heterocycles. The van der Waals surface area contributed by atoms with E-state index < -0.39 is 16.4 Å². The maximum Gasteiger partial charge on any atom is 0.286 e. The summed E-state index contributed by atoms with van der Waals surface area (Å²) in [7, 11) is 2.74. The second-order valence-electron chi connectivity index (χ2n) is 5.14. The molecule has 0 bridgehead atoms. The molecule has 0 spiro atoms. The molecule has 0 atom stereocenters. The second kappa shape index (κ2) is 5.21. The predicted octanol–water partition coefficient (Wildman–Crippen LogP) is 0.819. The summed E-state index contributed by atoms with van der Waals surface area (Å²) in [6, 6.07) is 2.44. The van der Waals surface area contributed by atoms with Crippen molar-refractivity contribution < 1.29 is 24.3 Å². The van der Waals surface area contributed by atoms with E-state index in [9.17, 15) is 20.0 Å². The summed E-state index contributed by atoms with van der Waals surface area (Å²) < 4.78 is 10.1. The fourth-order valence-corrected chi connectivity index (χ4v) is 2.28. The Kier molecular flexibility index (Phi) is 3.73. The summed E-state index contributed by atoms with van der Waals surface area (Å²) in [5, 5.41) is 20.8. The minimum Gasteiger partial charge on any atom is -0.493 e. The van der Waals surface area contributed by atoms with Gasteiger partial charge in [0.15, 0.2) is 11.5 Å². The maximum atomic E-state index is 12.3. The van der Waals surface area contributed by atoms with Crippen LogP contribution in [0, 0.1) is 10.1 Å². The highest BCUT2D eigenvalue weighted by Crippen LogP contribution is 2.36. The molecule has 21 heavy (non-hydrogen) atoms. The van der Waals surface area contributed by atoms with Gasteiger partial charge in [-0.3, -0.25) is 14.9 Å². The van der Waals surface area contributed by atoms with Crippen LogP contribution in [0.25, 0.3) is 0 Å². The number of hydrogen-bond donors (Lipinski definition) is 1. The van der Waals surface area contributed by atoms with Crippen molar-refractivity contribution in [2.24, 2.45) is 0 Å². The Labute approximate surface area is 121 Å². The number of nitro benzene ring substituents is 1. The highest BCUT2D eigenvalue weighted by atomic mass is 16.6. The summed E-state index contributed by atoms with van der Waals surface area (Å²) in [4.78, 5) is 24.2. The van der Waals surface area contributed by atoms with E-state index in [2.05, 4.69) is 0 Å². The van der Waals surface area contributed by atoms with Gasteiger partial charge < -0.3 is 19.5 Å². The van der Waals surface area contributed by atoms with Gasteiger partial charge >= 0.3 is 0 Å². The van der Waals surface area contributed by atoms with Crippen molar-refractivity contribution >= 4 is 11.6 Å². The van der Waals surface area contributed by atoms with E-state index in [1.165, 1.54) is 25.2 Å². The molecule has 2 rings (SSSR count). The topological polar surface area (TPSA) is 102 Å². The number of likely N-dealkylation sites (tertiary alicyclic amines) is 1. The number of nitrogens with zero attached hydrogens (tertiary/aromatic N) is 2. The molecule has 0 unspecified atom stereocenters. The first-order valence-corrected chi connectivity index (χ1v) is 6.21. The summed E-state index contributed by atoms with van der Waals surface area (Å²) in [5.74, 6) is -0.107. The van der Waals surface area contributed by atoms with E-state index in [-0.39, 0.29) is 35.8 Å². The number of aliphatic hydroxyl groups is 1. The third kappa shape index (κ3) is 2.75. The van der Waals surface area contributed by atoms with E-state index in [1.807, 2.05) is 0 Å². The lowest BCUT2D eigenvalue weighted by atomic mass is 9.95. The van der Waals surface area contributed by atoms with Gasteiger partial charge in [0.2, 0.25) is 0 Å². The summed E-state index contributed by atoms with van der Waals surface area (Å²) in [5.41, 5.74) is -1.39. The van der Waals surface area contributed by atoms with Crippen LogP contribution in [0.3, 0.4) is 0 Å². The Bertz CT molecular complexity index is 591. The molecule has 1 aliphatic rings. The van der Waals surface area contributed by atoms with Gasteiger partial charge in [-0.05, 0) is 6.92 Å². The molecule has 1 heterocycles. The standard InChI is InChI=1S/C13H16N2O6/c1-13(17)6-14(7-13)12(16)8-4-10(20-2)11(21-3)5-9(8)15(18)19/h4-5,17H,6-7H2,1-3H3. The van der Waals surface area contributed by atoms with Gasteiger partial charge in [0.1, 0.15) is 5.56 Å². The monoisotopic (exact) mass is 296 g/mol. The Morgan fingerprint density at radius 2 is 1.86 bits per heavy atom. The molecule has 1 aromatic rings. The lowest BCUT2D eigenvalue weighted by Crippen LogP contribution is -2.61. The molecule has 0 aromatic heterocycles. The molecule has 1 aromatic carbocycles. The number of ether oxygens (including phenoxy) is 2. The van der Waals surface area contributed by atoms with Crippen LogP contribution in [-0.4, -0.2) is 53.7 Å². The number of methoxy groups -OCH3 is 2. The molecule has 0 radical (unpaired) electrons. The molecule has 114 valence electrons. The SMILES string of the molecule is COc1cc(C(=O)N2CC(C)(O)C2)c([N+](=O)[O-])cc1OC. The number of hydrogen-bond acceptors (Lipinski definition) is 6. The van der Waals surface area contributed by atoms with Crippen LogP contribution in [0.1, 0.15) is 17.3 Å². The van der Waals surface area contributed by atoms with Crippen LogP contribution in [-0.2, 0) is 0 Å². The molecule has 8 heteroatoms. The summed E-state index contributed by atoms with van der Waals surface area (Å²) >= 11 is 0. The molecule has 1 N–H and O–H groups in total. The van der Waals surface area contributed by atoms with Crippen molar-refractivity contribution in [3.63, 3.8) is 0 Å². The van der Waals surface area contributed by atoms with Crippen molar-refractivity contribution in [1.29, 1.82) is 0 Å². The van der Waals surface area contributed by atoms with E-state index in [0.29, 0.717) is 0 Å². The van der Waals surface area contributed by atoms with Crippen molar-refractivity contribution in [2.45, 2.75) is 12.5 Å². The van der Waals surface area contributed by atoms with Gasteiger partial charge in [-0.25, -0.2) is 0 Å². The first-order valence-electron chi connectivity index (χ1n) is 6.21. The van der Waals surface area contributed by atoms with Crippen molar-refractivity contribution in [3.8, 4) is 11.5 Å². The smallest absolute Gasteiger partial charge is 0.286 e. The van der Waals surface area contributed by atoms with Gasteiger partial charge in [-0.1, -0.05) is 0 Å². The minimum absolute atomic E-state index is 0.0897. The van der Waals surface area contributed by atoms with Gasteiger partial charge in [0.25, 0.3) is 11.6 Å². The van der Waals surface area contributed by atoms with Gasteiger partial charge in [0.05, 0.1) is 43.9 Å². The highest BCUT2D eigenvalue weighted by Gasteiger charge is 2.41. The molecule has 8 nitrogen and oxygen atoms in total. The van der Waals surface area contributed by atoms with Crippen molar-refractivity contribution in [3.05, 3.63) is 27.8 Å². The number of amides is 1. The lowest BCUT2D eigenvalue weighted by Gasteiger charge is -2.44. The Morgan fingerprint density at radius 3 is 2.29 bits per heavy atom.